The summed E-state index contributed by atoms with van der Waals surface area (Å²) in [7, 11) is 0. The van der Waals surface area contributed by atoms with Gasteiger partial charge in [0.1, 0.15) is 18.3 Å². The molecule has 3 heteroatoms. The molecule has 0 bridgehead atoms. The quantitative estimate of drug-likeness (QED) is 0.528. The van der Waals surface area contributed by atoms with E-state index in [9.17, 15) is 4.79 Å². The van der Waals surface area contributed by atoms with Crippen LogP contribution in [0.4, 0.5) is 0 Å². The lowest BCUT2D eigenvalue weighted by Crippen LogP contribution is -2.12. The van der Waals surface area contributed by atoms with Crippen molar-refractivity contribution in [2.75, 3.05) is 6.61 Å². The fraction of sp³-hybridized carbons (Fsp3) is 0.364. The van der Waals surface area contributed by atoms with Crippen LogP contribution in [-0.2, 0) is 9.47 Å². The first-order valence-electron chi connectivity index (χ1n) is 4.72. The first-order chi connectivity index (χ1) is 6.86. The number of ketones is 1. The summed E-state index contributed by atoms with van der Waals surface area (Å²) in [5, 5.41) is 0. The first kappa shape index (κ1) is 8.15. The van der Waals surface area contributed by atoms with Crippen molar-refractivity contribution in [3.63, 3.8) is 0 Å². The molecule has 1 aromatic rings. The molecule has 0 unspecified atom stereocenters. The highest BCUT2D eigenvalue weighted by atomic mass is 16.7. The fourth-order valence-corrected chi connectivity index (χ4v) is 1.63. The Labute approximate surface area is 81.6 Å². The third-order valence-electron chi connectivity index (χ3n) is 2.57. The minimum atomic E-state index is -0.259. The van der Waals surface area contributed by atoms with Gasteiger partial charge in [-0.2, -0.15) is 0 Å². The van der Waals surface area contributed by atoms with E-state index in [1.54, 1.807) is 0 Å². The van der Waals surface area contributed by atoms with Gasteiger partial charge >= 0.3 is 0 Å². The molecule has 0 amide bonds. The van der Waals surface area contributed by atoms with Gasteiger partial charge in [-0.1, -0.05) is 30.3 Å². The van der Waals surface area contributed by atoms with Gasteiger partial charge in [0.15, 0.2) is 5.78 Å². The van der Waals surface area contributed by atoms with Gasteiger partial charge in [0.2, 0.25) is 0 Å². The molecule has 14 heavy (non-hydrogen) atoms. The van der Waals surface area contributed by atoms with Crippen molar-refractivity contribution in [1.29, 1.82) is 0 Å². The molecular formula is C11H10O3. The largest absolute Gasteiger partial charge is 0.370 e. The summed E-state index contributed by atoms with van der Waals surface area (Å²) in [6.45, 7) is 0.739. The molecular weight excluding hydrogens is 180 g/mol. The predicted octanol–water partition coefficient (Wildman–Crippen LogP) is 1.04. The summed E-state index contributed by atoms with van der Waals surface area (Å²) < 4.78 is 10.4. The molecule has 2 saturated heterocycles. The zero-order valence-electron chi connectivity index (χ0n) is 7.55. The maximum absolute atomic E-state index is 11.8. The summed E-state index contributed by atoms with van der Waals surface area (Å²) in [5.74, 6) is 0.0751. The van der Waals surface area contributed by atoms with Crippen LogP contribution in [0.5, 0.6) is 0 Å². The standard InChI is InChI=1S/C11H10O3/c12-9(7-4-2-1-3-5-7)11-10(14-11)8-6-13-8/h1-5,8,10-11H,6H2/t8-,10+,11-/m1/s1. The molecule has 2 aliphatic heterocycles. The van der Waals surface area contributed by atoms with Crippen LogP contribution in [0.25, 0.3) is 0 Å². The second kappa shape index (κ2) is 2.90. The molecule has 3 rings (SSSR count). The van der Waals surface area contributed by atoms with Gasteiger partial charge in [0.25, 0.3) is 0 Å². The topological polar surface area (TPSA) is 42.1 Å². The molecule has 0 N–H and O–H groups in total. The Morgan fingerprint density at radius 3 is 2.64 bits per heavy atom. The zero-order valence-corrected chi connectivity index (χ0v) is 7.55. The van der Waals surface area contributed by atoms with Crippen LogP contribution in [0.3, 0.4) is 0 Å². The number of rotatable bonds is 3. The average molecular weight is 190 g/mol. The van der Waals surface area contributed by atoms with E-state index in [2.05, 4.69) is 0 Å². The van der Waals surface area contributed by atoms with Crippen molar-refractivity contribution in [1.82, 2.24) is 0 Å². The molecule has 0 radical (unpaired) electrons. The molecule has 2 aliphatic rings. The lowest BCUT2D eigenvalue weighted by Gasteiger charge is -1.94. The van der Waals surface area contributed by atoms with Gasteiger partial charge in [-0.05, 0) is 0 Å². The summed E-state index contributed by atoms with van der Waals surface area (Å²) >= 11 is 0. The van der Waals surface area contributed by atoms with Crippen LogP contribution < -0.4 is 0 Å². The third-order valence-corrected chi connectivity index (χ3v) is 2.57. The summed E-state index contributed by atoms with van der Waals surface area (Å²) in [6.07, 6.45) is -0.0692. The number of epoxide rings is 2. The van der Waals surface area contributed by atoms with Crippen LogP contribution in [0.2, 0.25) is 0 Å². The minimum absolute atomic E-state index is 0.0164. The van der Waals surface area contributed by atoms with Crippen molar-refractivity contribution in [2.24, 2.45) is 0 Å². The van der Waals surface area contributed by atoms with Gasteiger partial charge in [-0.25, -0.2) is 0 Å². The number of hydrogen-bond acceptors (Lipinski definition) is 3. The van der Waals surface area contributed by atoms with E-state index in [1.807, 2.05) is 30.3 Å². The van der Waals surface area contributed by atoms with Crippen LogP contribution in [-0.4, -0.2) is 30.7 Å². The number of carbonyl (C=O) groups excluding carboxylic acids is 1. The second-order valence-electron chi connectivity index (χ2n) is 3.62. The van der Waals surface area contributed by atoms with Crippen molar-refractivity contribution < 1.29 is 14.3 Å². The van der Waals surface area contributed by atoms with E-state index in [4.69, 9.17) is 9.47 Å². The Hall–Kier alpha value is -1.19. The van der Waals surface area contributed by atoms with Crippen LogP contribution in [0, 0.1) is 0 Å². The molecule has 3 nitrogen and oxygen atoms in total. The normalized spacial score (nSPS) is 33.9. The van der Waals surface area contributed by atoms with Crippen LogP contribution in [0.1, 0.15) is 10.4 Å². The van der Waals surface area contributed by atoms with E-state index in [-0.39, 0.29) is 24.1 Å². The summed E-state index contributed by atoms with van der Waals surface area (Å²) in [5.41, 5.74) is 0.723. The van der Waals surface area contributed by atoms with E-state index < -0.39 is 0 Å². The smallest absolute Gasteiger partial charge is 0.194 e. The lowest BCUT2D eigenvalue weighted by atomic mass is 10.1. The summed E-state index contributed by atoms with van der Waals surface area (Å²) in [4.78, 5) is 11.8. The van der Waals surface area contributed by atoms with Crippen LogP contribution >= 0.6 is 0 Å². The highest BCUT2D eigenvalue weighted by molar-refractivity contribution is 6.01. The SMILES string of the molecule is O=C(c1ccccc1)[C@H]1O[C@H]1[C@H]1CO1. The van der Waals surface area contributed by atoms with E-state index in [0.29, 0.717) is 0 Å². The monoisotopic (exact) mass is 190 g/mol. The molecule has 0 saturated carbocycles. The Kier molecular flexibility index (Phi) is 1.69. The minimum Gasteiger partial charge on any atom is -0.370 e. The fourth-order valence-electron chi connectivity index (χ4n) is 1.63. The van der Waals surface area contributed by atoms with Crippen LogP contribution in [0.15, 0.2) is 30.3 Å². The Balaban J connectivity index is 1.72. The number of ether oxygens (including phenoxy) is 2. The Morgan fingerprint density at radius 2 is 2.00 bits per heavy atom. The van der Waals surface area contributed by atoms with E-state index >= 15 is 0 Å². The molecule has 0 aliphatic carbocycles. The Morgan fingerprint density at radius 1 is 1.29 bits per heavy atom. The molecule has 72 valence electrons. The molecule has 2 heterocycles. The molecule has 3 atom stereocenters. The maximum Gasteiger partial charge on any atom is 0.194 e. The molecule has 0 spiro atoms. The van der Waals surface area contributed by atoms with Gasteiger partial charge in [-0.3, -0.25) is 4.79 Å². The van der Waals surface area contributed by atoms with E-state index in [1.165, 1.54) is 0 Å². The van der Waals surface area contributed by atoms with Crippen molar-refractivity contribution >= 4 is 5.78 Å². The molecule has 0 aromatic heterocycles. The highest BCUT2D eigenvalue weighted by Gasteiger charge is 2.54. The van der Waals surface area contributed by atoms with Crippen molar-refractivity contribution in [3.8, 4) is 0 Å². The second-order valence-corrected chi connectivity index (χ2v) is 3.62. The average Bonchev–Trinajstić information content (AvgIpc) is 3.07. The first-order valence-corrected chi connectivity index (χ1v) is 4.72. The van der Waals surface area contributed by atoms with Crippen molar-refractivity contribution in [3.05, 3.63) is 35.9 Å². The zero-order chi connectivity index (χ0) is 9.54. The van der Waals surface area contributed by atoms with Crippen molar-refractivity contribution in [2.45, 2.75) is 18.3 Å². The number of Topliss-reactive ketones (excluding diaryl/α,β-unsaturated/α-hetero) is 1. The van der Waals surface area contributed by atoms with Gasteiger partial charge in [0.05, 0.1) is 6.61 Å². The van der Waals surface area contributed by atoms with Gasteiger partial charge in [-0.15, -0.1) is 0 Å². The van der Waals surface area contributed by atoms with E-state index in [0.717, 1.165) is 12.2 Å². The molecule has 2 fully saturated rings. The highest BCUT2D eigenvalue weighted by Crippen LogP contribution is 2.35. The van der Waals surface area contributed by atoms with Gasteiger partial charge in [0, 0.05) is 5.56 Å². The maximum atomic E-state index is 11.8. The summed E-state index contributed by atoms with van der Waals surface area (Å²) in [6, 6.07) is 9.24. The number of benzene rings is 1. The van der Waals surface area contributed by atoms with Gasteiger partial charge < -0.3 is 9.47 Å². The predicted molar refractivity (Wildman–Crippen MR) is 49.2 cm³/mol. The Bertz CT molecular complexity index is 356. The number of hydrogen-bond donors (Lipinski definition) is 0. The molecule has 1 aromatic carbocycles. The number of carbonyl (C=O) groups is 1. The third kappa shape index (κ3) is 1.35. The lowest BCUT2D eigenvalue weighted by molar-refractivity contribution is 0.0953.